The number of hydrogen-bond donors (Lipinski definition) is 0. The molecule has 5 heteroatoms. The minimum Gasteiger partial charge on any atom is -0.485 e. The van der Waals surface area contributed by atoms with E-state index in [4.69, 9.17) is 9.47 Å². The van der Waals surface area contributed by atoms with Crippen molar-refractivity contribution < 1.29 is 9.47 Å². The molecular formula is C15H19N3O2. The van der Waals surface area contributed by atoms with Gasteiger partial charge < -0.3 is 14.4 Å². The van der Waals surface area contributed by atoms with Gasteiger partial charge in [-0.2, -0.15) is 0 Å². The number of aromatic nitrogens is 2. The molecule has 0 saturated carbocycles. The molecule has 1 aliphatic rings. The zero-order valence-corrected chi connectivity index (χ0v) is 11.9. The molecule has 1 saturated heterocycles. The molecule has 0 aromatic carbocycles. The summed E-state index contributed by atoms with van der Waals surface area (Å²) in [4.78, 5) is 11.3. The van der Waals surface area contributed by atoms with Crippen LogP contribution >= 0.6 is 0 Å². The van der Waals surface area contributed by atoms with E-state index in [0.29, 0.717) is 0 Å². The molecule has 0 amide bonds. The molecule has 0 aliphatic carbocycles. The fourth-order valence-electron chi connectivity index (χ4n) is 2.35. The molecule has 2 aromatic heterocycles. The number of pyridine rings is 2. The Morgan fingerprint density at radius 3 is 2.80 bits per heavy atom. The molecule has 0 N–H and O–H groups in total. The van der Waals surface area contributed by atoms with Crippen LogP contribution in [0.3, 0.4) is 0 Å². The van der Waals surface area contributed by atoms with E-state index in [1.54, 1.807) is 6.20 Å². The van der Waals surface area contributed by atoms with Gasteiger partial charge in [0, 0.05) is 30.9 Å². The van der Waals surface area contributed by atoms with E-state index >= 15 is 0 Å². The second-order valence-corrected chi connectivity index (χ2v) is 5.12. The summed E-state index contributed by atoms with van der Waals surface area (Å²) in [5.41, 5.74) is 0.873. The third-order valence-electron chi connectivity index (χ3n) is 3.25. The number of anilines is 1. The summed E-state index contributed by atoms with van der Waals surface area (Å²) in [5, 5.41) is 1.00. The molecule has 0 unspecified atom stereocenters. The third-order valence-corrected chi connectivity index (χ3v) is 3.25. The first-order chi connectivity index (χ1) is 9.75. The zero-order chi connectivity index (χ0) is 13.9. The van der Waals surface area contributed by atoms with Crippen LogP contribution in [0.5, 0.6) is 5.75 Å². The quantitative estimate of drug-likeness (QED) is 0.858. The first kappa shape index (κ1) is 13.1. The summed E-state index contributed by atoms with van der Waals surface area (Å²) in [6, 6.07) is 3.92. The van der Waals surface area contributed by atoms with Gasteiger partial charge >= 0.3 is 0 Å². The summed E-state index contributed by atoms with van der Waals surface area (Å²) < 4.78 is 11.4. The van der Waals surface area contributed by atoms with Gasteiger partial charge in [-0.25, -0.2) is 4.98 Å². The first-order valence-corrected chi connectivity index (χ1v) is 6.99. The van der Waals surface area contributed by atoms with E-state index in [0.717, 1.165) is 48.8 Å². The van der Waals surface area contributed by atoms with Gasteiger partial charge in [-0.05, 0) is 26.0 Å². The maximum Gasteiger partial charge on any atom is 0.188 e. The monoisotopic (exact) mass is 273 g/mol. The van der Waals surface area contributed by atoms with Gasteiger partial charge in [0.1, 0.15) is 5.52 Å². The average molecular weight is 273 g/mol. The fourth-order valence-corrected chi connectivity index (χ4v) is 2.35. The molecule has 20 heavy (non-hydrogen) atoms. The highest BCUT2D eigenvalue weighted by atomic mass is 16.5. The van der Waals surface area contributed by atoms with Crippen LogP contribution in [0, 0.1) is 0 Å². The number of hydrogen-bond acceptors (Lipinski definition) is 5. The normalized spacial score (nSPS) is 15.8. The SMILES string of the molecule is CC(C)Oc1c(N2CCOCC2)ncc2cccnc12. The highest BCUT2D eigenvalue weighted by Crippen LogP contribution is 2.33. The Morgan fingerprint density at radius 2 is 2.05 bits per heavy atom. The maximum absolute atomic E-state index is 6.00. The number of fused-ring (bicyclic) bond motifs is 1. The lowest BCUT2D eigenvalue weighted by atomic mass is 10.2. The predicted octanol–water partition coefficient (Wildman–Crippen LogP) is 2.25. The average Bonchev–Trinajstić information content (AvgIpc) is 2.48. The molecule has 0 spiro atoms. The Balaban J connectivity index is 2.09. The lowest BCUT2D eigenvalue weighted by molar-refractivity contribution is 0.122. The molecule has 3 rings (SSSR count). The van der Waals surface area contributed by atoms with Crippen LogP contribution < -0.4 is 9.64 Å². The third kappa shape index (κ3) is 2.54. The van der Waals surface area contributed by atoms with Crippen LogP contribution in [0.4, 0.5) is 5.82 Å². The lowest BCUT2D eigenvalue weighted by Crippen LogP contribution is -2.37. The van der Waals surface area contributed by atoms with E-state index in [9.17, 15) is 0 Å². The van der Waals surface area contributed by atoms with Crippen LogP contribution in [0.1, 0.15) is 13.8 Å². The Bertz CT molecular complexity index is 595. The van der Waals surface area contributed by atoms with Gasteiger partial charge in [0.2, 0.25) is 0 Å². The van der Waals surface area contributed by atoms with Crippen molar-refractivity contribution in [1.82, 2.24) is 9.97 Å². The lowest BCUT2D eigenvalue weighted by Gasteiger charge is -2.29. The molecule has 0 atom stereocenters. The molecule has 5 nitrogen and oxygen atoms in total. The van der Waals surface area contributed by atoms with Gasteiger partial charge in [0.25, 0.3) is 0 Å². The number of morpholine rings is 1. The van der Waals surface area contributed by atoms with E-state index in [1.807, 2.05) is 32.2 Å². The predicted molar refractivity (Wildman–Crippen MR) is 78.3 cm³/mol. The molecule has 0 bridgehead atoms. The first-order valence-electron chi connectivity index (χ1n) is 6.99. The van der Waals surface area contributed by atoms with E-state index in [-0.39, 0.29) is 6.10 Å². The summed E-state index contributed by atoms with van der Waals surface area (Å²) in [6.07, 6.45) is 3.74. The van der Waals surface area contributed by atoms with Crippen LogP contribution in [-0.4, -0.2) is 42.4 Å². The van der Waals surface area contributed by atoms with Crippen LogP contribution in [0.15, 0.2) is 24.5 Å². The standard InChI is InChI=1S/C15H19N3O2/c1-11(2)20-14-13-12(4-3-5-16-13)10-17-15(14)18-6-8-19-9-7-18/h3-5,10-11H,6-9H2,1-2H3. The fraction of sp³-hybridized carbons (Fsp3) is 0.467. The minimum absolute atomic E-state index is 0.0872. The second kappa shape index (κ2) is 5.63. The van der Waals surface area contributed by atoms with E-state index < -0.39 is 0 Å². The molecule has 0 radical (unpaired) electrons. The van der Waals surface area contributed by atoms with Crippen molar-refractivity contribution in [3.05, 3.63) is 24.5 Å². The molecule has 2 aromatic rings. The van der Waals surface area contributed by atoms with Crippen molar-refractivity contribution in [3.8, 4) is 5.75 Å². The van der Waals surface area contributed by atoms with Crippen molar-refractivity contribution in [2.45, 2.75) is 20.0 Å². The second-order valence-electron chi connectivity index (χ2n) is 5.12. The molecule has 106 valence electrons. The Hall–Kier alpha value is -1.88. The van der Waals surface area contributed by atoms with Gasteiger partial charge in [0.05, 0.1) is 19.3 Å². The molecule has 3 heterocycles. The Morgan fingerprint density at radius 1 is 1.25 bits per heavy atom. The van der Waals surface area contributed by atoms with Crippen LogP contribution in [0.25, 0.3) is 10.9 Å². The topological polar surface area (TPSA) is 47.5 Å². The molecule has 1 aliphatic heterocycles. The Kier molecular flexibility index (Phi) is 3.69. The van der Waals surface area contributed by atoms with Crippen molar-refractivity contribution in [3.63, 3.8) is 0 Å². The molecule has 1 fully saturated rings. The maximum atomic E-state index is 6.00. The van der Waals surface area contributed by atoms with Gasteiger partial charge in [0.15, 0.2) is 11.6 Å². The summed E-state index contributed by atoms with van der Waals surface area (Å²) in [6.45, 7) is 7.15. The summed E-state index contributed by atoms with van der Waals surface area (Å²) in [7, 11) is 0. The zero-order valence-electron chi connectivity index (χ0n) is 11.9. The number of nitrogens with zero attached hydrogens (tertiary/aromatic N) is 3. The van der Waals surface area contributed by atoms with Crippen LogP contribution in [-0.2, 0) is 4.74 Å². The Labute approximate surface area is 118 Å². The molecular weight excluding hydrogens is 254 g/mol. The van der Waals surface area contributed by atoms with E-state index in [2.05, 4.69) is 14.9 Å². The van der Waals surface area contributed by atoms with E-state index in [1.165, 1.54) is 0 Å². The highest BCUT2D eigenvalue weighted by Gasteiger charge is 2.20. The van der Waals surface area contributed by atoms with Gasteiger partial charge in [-0.15, -0.1) is 0 Å². The number of ether oxygens (including phenoxy) is 2. The van der Waals surface area contributed by atoms with Crippen molar-refractivity contribution >= 4 is 16.7 Å². The van der Waals surface area contributed by atoms with Gasteiger partial charge in [-0.3, -0.25) is 4.98 Å². The van der Waals surface area contributed by atoms with Crippen molar-refractivity contribution in [2.24, 2.45) is 0 Å². The van der Waals surface area contributed by atoms with Crippen LogP contribution in [0.2, 0.25) is 0 Å². The number of rotatable bonds is 3. The van der Waals surface area contributed by atoms with Crippen molar-refractivity contribution in [1.29, 1.82) is 0 Å². The minimum atomic E-state index is 0.0872. The smallest absolute Gasteiger partial charge is 0.188 e. The summed E-state index contributed by atoms with van der Waals surface area (Å²) >= 11 is 0. The van der Waals surface area contributed by atoms with Gasteiger partial charge in [-0.1, -0.05) is 0 Å². The summed E-state index contributed by atoms with van der Waals surface area (Å²) in [5.74, 6) is 1.65. The van der Waals surface area contributed by atoms with Crippen molar-refractivity contribution in [2.75, 3.05) is 31.2 Å². The highest BCUT2D eigenvalue weighted by molar-refractivity contribution is 5.88. The largest absolute Gasteiger partial charge is 0.485 e.